The van der Waals surface area contributed by atoms with Crippen LogP contribution in [0.1, 0.15) is 25.0 Å². The first-order chi connectivity index (χ1) is 28.5. The SMILES string of the molecule is CC1(C)c2ccc3cc2-c2cc(ccc21)N(c1ccc2c4ccccc4n(-c4ccccc4)c2c1)c1cccc(c1)-c1cccc(c1)N3c1ccc2ccccc2c1. The van der Waals surface area contributed by atoms with E-state index < -0.39 is 0 Å². The lowest BCUT2D eigenvalue weighted by molar-refractivity contribution is 0.660. The molecule has 0 amide bonds. The van der Waals surface area contributed by atoms with Crippen molar-refractivity contribution in [1.82, 2.24) is 4.57 Å². The average Bonchev–Trinajstić information content (AvgIpc) is 3.71. The van der Waals surface area contributed by atoms with E-state index in [4.69, 9.17) is 0 Å². The van der Waals surface area contributed by atoms with E-state index in [-0.39, 0.29) is 5.41 Å². The molecule has 3 heteroatoms. The highest BCUT2D eigenvalue weighted by Gasteiger charge is 2.37. The smallest absolute Gasteiger partial charge is 0.0561 e. The summed E-state index contributed by atoms with van der Waals surface area (Å²) >= 11 is 0. The molecule has 12 rings (SSSR count). The Morgan fingerprint density at radius 3 is 1.52 bits per heavy atom. The van der Waals surface area contributed by atoms with Gasteiger partial charge in [0.05, 0.1) is 11.0 Å². The molecule has 0 N–H and O–H groups in total. The summed E-state index contributed by atoms with van der Waals surface area (Å²) in [4.78, 5) is 4.87. The van der Waals surface area contributed by atoms with Crippen molar-refractivity contribution < 1.29 is 0 Å². The number of anilines is 6. The van der Waals surface area contributed by atoms with Crippen LogP contribution in [-0.2, 0) is 5.41 Å². The molecule has 274 valence electrons. The van der Waals surface area contributed by atoms with Crippen LogP contribution in [-0.4, -0.2) is 4.57 Å². The molecule has 0 fully saturated rings. The Morgan fingerprint density at radius 1 is 0.328 bits per heavy atom. The average molecular weight is 742 g/mol. The number of nitrogens with zero attached hydrogens (tertiary/aromatic N) is 3. The predicted octanol–water partition coefficient (Wildman–Crippen LogP) is 15.2. The summed E-state index contributed by atoms with van der Waals surface area (Å²) in [5.41, 5.74) is 17.7. The van der Waals surface area contributed by atoms with E-state index in [1.165, 1.54) is 60.4 Å². The molecule has 0 saturated carbocycles. The molecule has 0 spiro atoms. The van der Waals surface area contributed by atoms with Crippen molar-refractivity contribution in [3.8, 4) is 27.9 Å². The summed E-state index contributed by atoms with van der Waals surface area (Å²) in [5, 5.41) is 4.95. The van der Waals surface area contributed by atoms with Crippen LogP contribution in [0, 0.1) is 0 Å². The maximum Gasteiger partial charge on any atom is 0.0561 e. The lowest BCUT2D eigenvalue weighted by Gasteiger charge is -2.28. The van der Waals surface area contributed by atoms with Gasteiger partial charge in [-0.15, -0.1) is 0 Å². The van der Waals surface area contributed by atoms with Gasteiger partial charge in [-0.05, 0) is 135 Å². The van der Waals surface area contributed by atoms with Gasteiger partial charge in [0.25, 0.3) is 0 Å². The van der Waals surface area contributed by atoms with E-state index in [0.29, 0.717) is 0 Å². The third-order valence-corrected chi connectivity index (χ3v) is 12.6. The standard InChI is InChI=1S/C55H39N3/c1-55(2)51-28-25-44-33-49(51)50-34-45(26-29-52(50)55)57(46-24-27-48-47-20-8-9-21-53(47)58(54(48)35-46)40-16-4-3-5-17-40)42-19-11-15-39(32-42)38-14-10-18-41(31-38)56(44)43-23-22-36-12-6-7-13-37(36)30-43/h3-35H,1-2H3. The summed E-state index contributed by atoms with van der Waals surface area (Å²) in [7, 11) is 0. The van der Waals surface area contributed by atoms with Gasteiger partial charge in [-0.1, -0.05) is 123 Å². The first-order valence-corrected chi connectivity index (χ1v) is 20.2. The van der Waals surface area contributed by atoms with Crippen molar-refractivity contribution in [2.75, 3.05) is 9.80 Å². The van der Waals surface area contributed by atoms with Crippen molar-refractivity contribution in [2.24, 2.45) is 0 Å². The second-order valence-electron chi connectivity index (χ2n) is 16.3. The highest BCUT2D eigenvalue weighted by atomic mass is 15.2. The summed E-state index contributed by atoms with van der Waals surface area (Å²) in [6.45, 7) is 4.74. The number of para-hydroxylation sites is 2. The van der Waals surface area contributed by atoms with Gasteiger partial charge in [0, 0.05) is 56.0 Å². The van der Waals surface area contributed by atoms with E-state index in [9.17, 15) is 0 Å². The number of hydrogen-bond donors (Lipinski definition) is 0. The van der Waals surface area contributed by atoms with Crippen molar-refractivity contribution in [1.29, 1.82) is 0 Å². The molecule has 58 heavy (non-hydrogen) atoms. The Morgan fingerprint density at radius 2 is 0.828 bits per heavy atom. The van der Waals surface area contributed by atoms with Crippen molar-refractivity contribution in [3.05, 3.63) is 211 Å². The Kier molecular flexibility index (Phi) is 6.98. The topological polar surface area (TPSA) is 11.4 Å². The van der Waals surface area contributed by atoms with Gasteiger partial charge in [-0.2, -0.15) is 0 Å². The van der Waals surface area contributed by atoms with Gasteiger partial charge in [0.2, 0.25) is 0 Å². The molecule has 9 aromatic carbocycles. The zero-order valence-corrected chi connectivity index (χ0v) is 32.4. The minimum absolute atomic E-state index is 0.149. The first-order valence-electron chi connectivity index (χ1n) is 20.2. The maximum atomic E-state index is 2.45. The van der Waals surface area contributed by atoms with Gasteiger partial charge >= 0.3 is 0 Å². The second kappa shape index (κ2) is 12.3. The monoisotopic (exact) mass is 741 g/mol. The van der Waals surface area contributed by atoms with Crippen LogP contribution in [0.3, 0.4) is 0 Å². The van der Waals surface area contributed by atoms with Crippen LogP contribution in [0.2, 0.25) is 0 Å². The molecule has 1 aliphatic heterocycles. The van der Waals surface area contributed by atoms with E-state index in [1.54, 1.807) is 0 Å². The lowest BCUT2D eigenvalue weighted by atomic mass is 9.82. The zero-order chi connectivity index (χ0) is 38.5. The molecule has 2 aliphatic rings. The third kappa shape index (κ3) is 4.86. The van der Waals surface area contributed by atoms with Crippen LogP contribution in [0.15, 0.2) is 200 Å². The molecule has 0 saturated heterocycles. The fourth-order valence-electron chi connectivity index (χ4n) is 9.84. The Bertz CT molecular complexity index is 3280. The molecule has 2 heterocycles. The molecule has 8 bridgehead atoms. The van der Waals surface area contributed by atoms with Crippen LogP contribution in [0.25, 0.3) is 60.5 Å². The molecular formula is C55H39N3. The van der Waals surface area contributed by atoms with Crippen molar-refractivity contribution in [2.45, 2.75) is 19.3 Å². The highest BCUT2D eigenvalue weighted by Crippen LogP contribution is 2.53. The van der Waals surface area contributed by atoms with Gasteiger partial charge in [-0.3, -0.25) is 0 Å². The Labute approximate surface area is 338 Å². The molecule has 10 aromatic rings. The normalized spacial score (nSPS) is 13.8. The minimum atomic E-state index is -0.149. The van der Waals surface area contributed by atoms with Gasteiger partial charge < -0.3 is 14.4 Å². The molecule has 0 unspecified atom stereocenters. The Hall–Kier alpha value is -7.36. The molecule has 1 aromatic heterocycles. The van der Waals surface area contributed by atoms with Crippen LogP contribution in [0.5, 0.6) is 0 Å². The molecular weight excluding hydrogens is 703 g/mol. The second-order valence-corrected chi connectivity index (χ2v) is 16.3. The summed E-state index contributed by atoms with van der Waals surface area (Å²) < 4.78 is 2.41. The summed E-state index contributed by atoms with van der Waals surface area (Å²) in [6.07, 6.45) is 0. The van der Waals surface area contributed by atoms with Gasteiger partial charge in [0.1, 0.15) is 0 Å². The summed E-state index contributed by atoms with van der Waals surface area (Å²) in [6, 6.07) is 74.2. The first kappa shape index (κ1) is 32.8. The third-order valence-electron chi connectivity index (χ3n) is 12.6. The highest BCUT2D eigenvalue weighted by molar-refractivity contribution is 6.10. The fourth-order valence-corrected chi connectivity index (χ4v) is 9.84. The van der Waals surface area contributed by atoms with Crippen LogP contribution >= 0.6 is 0 Å². The Balaban J connectivity index is 1.12. The zero-order valence-electron chi connectivity index (χ0n) is 32.4. The summed E-state index contributed by atoms with van der Waals surface area (Å²) in [5.74, 6) is 0. The van der Waals surface area contributed by atoms with Crippen LogP contribution in [0.4, 0.5) is 34.1 Å². The number of aromatic nitrogens is 1. The van der Waals surface area contributed by atoms with Gasteiger partial charge in [0.15, 0.2) is 0 Å². The largest absolute Gasteiger partial charge is 0.310 e. The van der Waals surface area contributed by atoms with E-state index >= 15 is 0 Å². The van der Waals surface area contributed by atoms with Crippen molar-refractivity contribution in [3.63, 3.8) is 0 Å². The lowest BCUT2D eigenvalue weighted by Crippen LogP contribution is -2.16. The molecule has 1 aliphatic carbocycles. The molecule has 0 radical (unpaired) electrons. The van der Waals surface area contributed by atoms with Crippen LogP contribution < -0.4 is 9.80 Å². The quantitative estimate of drug-likeness (QED) is 0.179. The molecule has 0 atom stereocenters. The van der Waals surface area contributed by atoms with Gasteiger partial charge in [-0.25, -0.2) is 0 Å². The maximum absolute atomic E-state index is 2.45. The minimum Gasteiger partial charge on any atom is -0.310 e. The fraction of sp³-hybridized carbons (Fsp3) is 0.0545. The number of benzene rings is 9. The van der Waals surface area contributed by atoms with E-state index in [1.807, 2.05) is 0 Å². The number of hydrogen-bond acceptors (Lipinski definition) is 2. The molecule has 3 nitrogen and oxygen atoms in total. The predicted molar refractivity (Wildman–Crippen MR) is 244 cm³/mol. The van der Waals surface area contributed by atoms with Crippen molar-refractivity contribution >= 4 is 66.7 Å². The number of fused-ring (bicyclic) bond motifs is 11. The number of rotatable bonds is 3. The van der Waals surface area contributed by atoms with E-state index in [2.05, 4.69) is 228 Å². The van der Waals surface area contributed by atoms with E-state index in [0.717, 1.165) is 45.4 Å².